The van der Waals surface area contributed by atoms with Crippen molar-refractivity contribution >= 4 is 22.6 Å². The molecule has 0 spiro atoms. The molecule has 0 saturated carbocycles. The molecule has 1 aliphatic heterocycles. The molecule has 0 radical (unpaired) electrons. The minimum atomic E-state index is -0.0205. The number of carbonyl (C=O) groups excluding carboxylic acids is 1. The Labute approximate surface area is 192 Å². The van der Waals surface area contributed by atoms with Gasteiger partial charge in [-0.15, -0.1) is 0 Å². The molecule has 7 nitrogen and oxygen atoms in total. The number of likely N-dealkylation sites (N-methyl/N-ethyl adjacent to an activating group) is 1. The van der Waals surface area contributed by atoms with Gasteiger partial charge in [0.25, 0.3) is 5.91 Å². The number of pyridine rings is 1. The summed E-state index contributed by atoms with van der Waals surface area (Å²) in [5, 5.41) is 0.987. The summed E-state index contributed by atoms with van der Waals surface area (Å²) in [6.45, 7) is 3.15. The molecule has 1 saturated heterocycles. The van der Waals surface area contributed by atoms with E-state index in [0.717, 1.165) is 52.1 Å². The van der Waals surface area contributed by atoms with Gasteiger partial charge in [-0.25, -0.2) is 4.98 Å². The van der Waals surface area contributed by atoms with Crippen molar-refractivity contribution in [3.8, 4) is 28.0 Å². The average Bonchev–Trinajstić information content (AvgIpc) is 3.27. The Hall–Kier alpha value is -3.84. The van der Waals surface area contributed by atoms with Crippen LogP contribution in [0.25, 0.3) is 33.3 Å². The molecule has 3 N–H and O–H groups in total. The molecule has 0 aliphatic carbocycles. The number of benzene rings is 2. The number of nitrogens with two attached hydrogens (primary N) is 1. The summed E-state index contributed by atoms with van der Waals surface area (Å²) in [6.07, 6.45) is 3.77. The lowest BCUT2D eigenvalue weighted by Crippen LogP contribution is -2.47. The Bertz CT molecular complexity index is 1320. The summed E-state index contributed by atoms with van der Waals surface area (Å²) in [5.41, 5.74) is 11.9. The summed E-state index contributed by atoms with van der Waals surface area (Å²) in [6, 6.07) is 15.6. The molecule has 1 amide bonds. The highest BCUT2D eigenvalue weighted by molar-refractivity contribution is 6.01. The smallest absolute Gasteiger partial charge is 0.256 e. The second-order valence-electron chi connectivity index (χ2n) is 8.42. The van der Waals surface area contributed by atoms with Gasteiger partial charge in [-0.1, -0.05) is 24.3 Å². The van der Waals surface area contributed by atoms with Crippen LogP contribution in [0.4, 0.5) is 5.69 Å². The summed E-state index contributed by atoms with van der Waals surface area (Å²) < 4.78 is 5.56. The fraction of sp³-hybridized carbons (Fsp3) is 0.231. The fourth-order valence-electron chi connectivity index (χ4n) is 4.35. The lowest BCUT2D eigenvalue weighted by Gasteiger charge is -2.32. The van der Waals surface area contributed by atoms with E-state index in [1.807, 2.05) is 53.7 Å². The van der Waals surface area contributed by atoms with Gasteiger partial charge in [-0.2, -0.15) is 0 Å². The molecule has 1 fully saturated rings. The molecule has 0 atom stereocenters. The van der Waals surface area contributed by atoms with Crippen LogP contribution < -0.4 is 10.5 Å². The quantitative estimate of drug-likeness (QED) is 0.470. The predicted molar refractivity (Wildman–Crippen MR) is 131 cm³/mol. The lowest BCUT2D eigenvalue weighted by molar-refractivity contribution is 0.0665. The van der Waals surface area contributed by atoms with Crippen LogP contribution in [0.15, 0.2) is 60.9 Å². The number of hydrogen-bond acceptors (Lipinski definition) is 5. The molecule has 168 valence electrons. The maximum absolute atomic E-state index is 13.2. The van der Waals surface area contributed by atoms with Gasteiger partial charge in [-0.3, -0.25) is 4.79 Å². The van der Waals surface area contributed by atoms with Gasteiger partial charge in [-0.05, 0) is 36.9 Å². The number of para-hydroxylation sites is 1. The second-order valence-corrected chi connectivity index (χ2v) is 8.42. The Balaban J connectivity index is 1.53. The molecule has 7 heteroatoms. The van der Waals surface area contributed by atoms with Crippen LogP contribution in [0.2, 0.25) is 0 Å². The van der Waals surface area contributed by atoms with Crippen LogP contribution in [0, 0.1) is 0 Å². The summed E-state index contributed by atoms with van der Waals surface area (Å²) in [4.78, 5) is 25.2. The number of nitrogens with one attached hydrogen (secondary N) is 1. The van der Waals surface area contributed by atoms with Crippen molar-refractivity contribution in [1.82, 2.24) is 19.8 Å². The van der Waals surface area contributed by atoms with E-state index in [-0.39, 0.29) is 5.91 Å². The standard InChI is InChI=1S/C26H27N5O2/c1-30-9-11-31(12-10-30)26(32)21-13-17(7-8-23(21)27)18-14-20-22(16-29-25(20)28-15-18)19-5-3-4-6-24(19)33-2/h3-8,13-16H,9-12,27H2,1-2H3,(H,28,29). The van der Waals surface area contributed by atoms with Crippen molar-refractivity contribution in [2.24, 2.45) is 0 Å². The molecular weight excluding hydrogens is 414 g/mol. The molecule has 2 aromatic carbocycles. The van der Waals surface area contributed by atoms with Crippen LogP contribution in [-0.2, 0) is 0 Å². The van der Waals surface area contributed by atoms with E-state index in [0.29, 0.717) is 24.3 Å². The number of carbonyl (C=O) groups is 1. The Morgan fingerprint density at radius 1 is 1.03 bits per heavy atom. The van der Waals surface area contributed by atoms with Crippen molar-refractivity contribution in [3.63, 3.8) is 0 Å². The number of ether oxygens (including phenoxy) is 1. The topological polar surface area (TPSA) is 87.5 Å². The molecule has 0 unspecified atom stereocenters. The summed E-state index contributed by atoms with van der Waals surface area (Å²) >= 11 is 0. The van der Waals surface area contributed by atoms with Crippen molar-refractivity contribution in [2.45, 2.75) is 0 Å². The SMILES string of the molecule is COc1ccccc1-c1c[nH]c2ncc(-c3ccc(N)c(C(=O)N4CCN(C)CC4)c3)cc12. The van der Waals surface area contributed by atoms with E-state index in [1.165, 1.54) is 0 Å². The zero-order valence-corrected chi connectivity index (χ0v) is 18.8. The van der Waals surface area contributed by atoms with E-state index < -0.39 is 0 Å². The van der Waals surface area contributed by atoms with Crippen molar-refractivity contribution in [3.05, 3.63) is 66.5 Å². The molecule has 2 aromatic heterocycles. The van der Waals surface area contributed by atoms with Crippen molar-refractivity contribution < 1.29 is 9.53 Å². The minimum absolute atomic E-state index is 0.0205. The highest BCUT2D eigenvalue weighted by atomic mass is 16.5. The highest BCUT2D eigenvalue weighted by Crippen LogP contribution is 2.36. The number of methoxy groups -OCH3 is 1. The maximum Gasteiger partial charge on any atom is 0.256 e. The molecule has 0 bridgehead atoms. The first-order chi connectivity index (χ1) is 16.0. The first-order valence-electron chi connectivity index (χ1n) is 11.0. The van der Waals surface area contributed by atoms with E-state index in [1.54, 1.807) is 13.2 Å². The number of piperazine rings is 1. The number of aromatic nitrogens is 2. The van der Waals surface area contributed by atoms with E-state index in [9.17, 15) is 4.79 Å². The van der Waals surface area contributed by atoms with Crippen LogP contribution in [0.1, 0.15) is 10.4 Å². The third-order valence-electron chi connectivity index (χ3n) is 6.34. The predicted octanol–water partition coefficient (Wildman–Crippen LogP) is 3.88. The van der Waals surface area contributed by atoms with E-state index in [4.69, 9.17) is 10.5 Å². The number of rotatable bonds is 4. The minimum Gasteiger partial charge on any atom is -0.496 e. The molecular formula is C26H27N5O2. The molecule has 5 rings (SSSR count). The van der Waals surface area contributed by atoms with Gasteiger partial charge in [0.1, 0.15) is 11.4 Å². The number of aromatic amines is 1. The molecule has 3 heterocycles. The number of amides is 1. The Morgan fingerprint density at radius 2 is 1.82 bits per heavy atom. The monoisotopic (exact) mass is 441 g/mol. The third-order valence-corrected chi connectivity index (χ3v) is 6.34. The van der Waals surface area contributed by atoms with Gasteiger partial charge in [0.2, 0.25) is 0 Å². The maximum atomic E-state index is 13.2. The molecule has 1 aliphatic rings. The van der Waals surface area contributed by atoms with Gasteiger partial charge >= 0.3 is 0 Å². The number of hydrogen-bond donors (Lipinski definition) is 2. The van der Waals surface area contributed by atoms with Crippen molar-refractivity contribution in [1.29, 1.82) is 0 Å². The fourth-order valence-corrected chi connectivity index (χ4v) is 4.35. The number of fused-ring (bicyclic) bond motifs is 1. The first-order valence-corrected chi connectivity index (χ1v) is 11.0. The molecule has 33 heavy (non-hydrogen) atoms. The molecule has 4 aromatic rings. The third kappa shape index (κ3) is 3.91. The Morgan fingerprint density at radius 3 is 2.61 bits per heavy atom. The number of anilines is 1. The zero-order chi connectivity index (χ0) is 22.9. The highest BCUT2D eigenvalue weighted by Gasteiger charge is 2.22. The van der Waals surface area contributed by atoms with Gasteiger partial charge in [0.15, 0.2) is 0 Å². The van der Waals surface area contributed by atoms with Crippen LogP contribution >= 0.6 is 0 Å². The normalized spacial score (nSPS) is 14.5. The van der Waals surface area contributed by atoms with Crippen LogP contribution in [0.3, 0.4) is 0 Å². The average molecular weight is 442 g/mol. The zero-order valence-electron chi connectivity index (χ0n) is 18.8. The van der Waals surface area contributed by atoms with Crippen molar-refractivity contribution in [2.75, 3.05) is 46.1 Å². The first kappa shape index (κ1) is 21.0. The number of H-pyrrole nitrogens is 1. The lowest BCUT2D eigenvalue weighted by atomic mass is 9.99. The number of nitrogens with zero attached hydrogens (tertiary/aromatic N) is 3. The van der Waals surface area contributed by atoms with Gasteiger partial charge < -0.3 is 25.3 Å². The van der Waals surface area contributed by atoms with Gasteiger partial charge in [0, 0.05) is 66.3 Å². The van der Waals surface area contributed by atoms with E-state index in [2.05, 4.69) is 28.0 Å². The Kier molecular flexibility index (Phi) is 5.48. The van der Waals surface area contributed by atoms with Gasteiger partial charge in [0.05, 0.1) is 12.7 Å². The largest absolute Gasteiger partial charge is 0.496 e. The van der Waals surface area contributed by atoms with Crippen LogP contribution in [-0.4, -0.2) is 66.0 Å². The van der Waals surface area contributed by atoms with E-state index >= 15 is 0 Å². The van der Waals surface area contributed by atoms with Crippen LogP contribution in [0.5, 0.6) is 5.75 Å². The summed E-state index contributed by atoms with van der Waals surface area (Å²) in [7, 11) is 3.74. The number of nitrogen functional groups attached to an aromatic ring is 1. The second kappa shape index (κ2) is 8.60. The summed E-state index contributed by atoms with van der Waals surface area (Å²) in [5.74, 6) is 0.782.